The molecule has 4 aromatic rings. The molecule has 286 valence electrons. The van der Waals surface area contributed by atoms with Gasteiger partial charge in [0.15, 0.2) is 5.82 Å². The number of para-hydroxylation sites is 1. The number of nitrogens with one attached hydrogen (secondary N) is 4. The summed E-state index contributed by atoms with van der Waals surface area (Å²) < 4.78 is 67.0. The Morgan fingerprint density at radius 2 is 1.62 bits per heavy atom. The molecule has 20 heteroatoms. The highest BCUT2D eigenvalue weighted by atomic mass is 35.5. The van der Waals surface area contributed by atoms with Gasteiger partial charge < -0.3 is 26.2 Å². The zero-order valence-corrected chi connectivity index (χ0v) is 28.9. The third-order valence-electron chi connectivity index (χ3n) is 8.18. The number of urea groups is 1. The summed E-state index contributed by atoms with van der Waals surface area (Å²) >= 11 is 6.37. The number of halogens is 7. The summed E-state index contributed by atoms with van der Waals surface area (Å²) in [7, 11) is 0. The number of nitriles is 1. The Bertz CT molecular complexity index is 2140. The fourth-order valence-electron chi connectivity index (χ4n) is 5.54. The van der Waals surface area contributed by atoms with Gasteiger partial charge in [-0.1, -0.05) is 23.7 Å². The minimum atomic E-state index is -5.77. The molecule has 6 rings (SSSR count). The molecule has 0 aliphatic carbocycles. The predicted molar refractivity (Wildman–Crippen MR) is 187 cm³/mol. The number of carbonyl (C=O) groups is 4. The van der Waals surface area contributed by atoms with Crippen LogP contribution in [0.4, 0.5) is 65.7 Å². The van der Waals surface area contributed by atoms with E-state index in [9.17, 15) is 50.8 Å². The summed E-state index contributed by atoms with van der Waals surface area (Å²) in [5, 5.41) is 22.0. The van der Waals surface area contributed by atoms with Crippen molar-refractivity contribution in [2.75, 3.05) is 34.4 Å². The van der Waals surface area contributed by atoms with E-state index in [4.69, 9.17) is 11.6 Å². The van der Waals surface area contributed by atoms with Crippen LogP contribution in [0.5, 0.6) is 0 Å². The first kappa shape index (κ1) is 39.9. The number of likely N-dealkylation sites (tertiary alicyclic amines) is 1. The molecule has 2 aromatic heterocycles. The molecular weight excluding hydrogens is 760 g/mol. The Labute approximate surface area is 313 Å². The number of hydrogen-bond donors (Lipinski definition) is 4. The van der Waals surface area contributed by atoms with Crippen LogP contribution in [0.1, 0.15) is 29.5 Å². The first-order valence-corrected chi connectivity index (χ1v) is 16.6. The molecule has 55 heavy (non-hydrogen) atoms. The molecule has 1 atom stereocenters. The van der Waals surface area contributed by atoms with E-state index in [-0.39, 0.29) is 24.3 Å². The van der Waals surface area contributed by atoms with E-state index in [0.29, 0.717) is 54.0 Å². The van der Waals surface area contributed by atoms with E-state index in [1.807, 2.05) is 30.5 Å². The molecular formula is C35H28ClF6N9O4. The number of benzene rings is 2. The van der Waals surface area contributed by atoms with Gasteiger partial charge in [0.05, 0.1) is 29.3 Å². The van der Waals surface area contributed by atoms with Gasteiger partial charge in [-0.3, -0.25) is 19.4 Å². The first-order valence-electron chi connectivity index (χ1n) is 16.2. The van der Waals surface area contributed by atoms with Gasteiger partial charge in [-0.05, 0) is 72.7 Å². The maximum absolute atomic E-state index is 13.2. The monoisotopic (exact) mass is 787 g/mol. The maximum atomic E-state index is 13.2. The van der Waals surface area contributed by atoms with Gasteiger partial charge >= 0.3 is 30.0 Å². The molecule has 13 nitrogen and oxygen atoms in total. The van der Waals surface area contributed by atoms with Crippen molar-refractivity contribution >= 4 is 69.6 Å². The summed E-state index contributed by atoms with van der Waals surface area (Å²) in [5.41, 5.74) is 5.12. The molecule has 0 radical (unpaired) electrons. The van der Waals surface area contributed by atoms with E-state index < -0.39 is 23.9 Å². The van der Waals surface area contributed by atoms with E-state index in [1.165, 1.54) is 6.20 Å². The number of nitrogens with zero attached hydrogens (tertiary/aromatic N) is 5. The molecule has 3 amide bonds. The molecule has 6 bridgehead atoms. The molecule has 1 fully saturated rings. The van der Waals surface area contributed by atoms with Crippen LogP contribution in [0, 0.1) is 17.2 Å². The average molecular weight is 788 g/mol. The third kappa shape index (κ3) is 10.7. The van der Waals surface area contributed by atoms with Crippen LogP contribution >= 0.6 is 11.6 Å². The molecule has 2 aromatic carbocycles. The van der Waals surface area contributed by atoms with E-state index in [1.54, 1.807) is 35.4 Å². The SMILES string of the molecule is N#Cc1ccccc1NC(=O)N1CC[C@@H](CC(=O)Nc2ccc3cc2CCc2cncc(c2)Nc2ncc(Cl)c(n2)N3)C1.O=C(C(=O)C(F)(F)F)C(F)(F)F. The van der Waals surface area contributed by atoms with Crippen LogP contribution in [-0.2, 0) is 27.2 Å². The minimum Gasteiger partial charge on any atom is -0.339 e. The Balaban J connectivity index is 0.000000418. The van der Waals surface area contributed by atoms with Crippen molar-refractivity contribution in [3.63, 3.8) is 0 Å². The van der Waals surface area contributed by atoms with Crippen molar-refractivity contribution in [1.82, 2.24) is 19.9 Å². The van der Waals surface area contributed by atoms with Gasteiger partial charge in [-0.25, -0.2) is 9.78 Å². The quantitative estimate of drug-likeness (QED) is 0.120. The van der Waals surface area contributed by atoms with Crippen molar-refractivity contribution < 1.29 is 45.5 Å². The standard InChI is InChI=1S/C31H28ClN9O2.C4F6O2/c32-25-17-35-30-37-24-11-19(15-34-16-24)5-6-21-13-23(36-29(25)40-30)7-8-27(21)38-28(42)12-20-9-10-41(18-20)31(43)39-26-4-2-1-3-22(26)14-33;5-3(6,7)1(11)2(12)4(8,9)10/h1-4,7-8,11,13,15-17,20H,5-6,9-10,12,18H2,(H,38,42)(H,39,43)(H2,35,36,37,40);/t20-;/m0./s1. The summed E-state index contributed by atoms with van der Waals surface area (Å²) in [6.45, 7) is 1.00. The molecule has 2 aliphatic heterocycles. The molecule has 1 saturated heterocycles. The number of rotatable bonds is 5. The largest absolute Gasteiger partial charge is 0.458 e. The van der Waals surface area contributed by atoms with Crippen LogP contribution in [-0.4, -0.2) is 68.8 Å². The number of pyridine rings is 1. The molecule has 0 spiro atoms. The fraction of sp³-hybridized carbons (Fsp3) is 0.257. The number of ketones is 2. The number of aryl methyl sites for hydroxylation is 2. The van der Waals surface area contributed by atoms with E-state index >= 15 is 0 Å². The number of Topliss-reactive ketones (excluding diaryl/α,β-unsaturated/α-hetero) is 2. The van der Waals surface area contributed by atoms with Crippen molar-refractivity contribution in [3.8, 4) is 6.07 Å². The van der Waals surface area contributed by atoms with E-state index in [0.717, 1.165) is 34.6 Å². The number of alkyl halides is 6. The molecule has 0 unspecified atom stereocenters. The van der Waals surface area contributed by atoms with Gasteiger partial charge in [-0.15, -0.1) is 0 Å². The van der Waals surface area contributed by atoms with Crippen LogP contribution in [0.25, 0.3) is 0 Å². The first-order chi connectivity index (χ1) is 26.0. The predicted octanol–water partition coefficient (Wildman–Crippen LogP) is 7.11. The lowest BCUT2D eigenvalue weighted by Crippen LogP contribution is -2.39. The Morgan fingerprint density at radius 3 is 2.33 bits per heavy atom. The molecule has 4 N–H and O–H groups in total. The molecule has 4 heterocycles. The second-order valence-electron chi connectivity index (χ2n) is 12.2. The van der Waals surface area contributed by atoms with Gasteiger partial charge in [0.1, 0.15) is 11.1 Å². The summed E-state index contributed by atoms with van der Waals surface area (Å²) in [6, 6.07) is 16.4. The van der Waals surface area contributed by atoms with Crippen LogP contribution < -0.4 is 21.3 Å². The second-order valence-corrected chi connectivity index (χ2v) is 12.6. The van der Waals surface area contributed by atoms with Crippen molar-refractivity contribution in [2.24, 2.45) is 5.92 Å². The van der Waals surface area contributed by atoms with Gasteiger partial charge in [0, 0.05) is 37.1 Å². The Hall–Kier alpha value is -6.29. The highest BCUT2D eigenvalue weighted by Gasteiger charge is 2.54. The Kier molecular flexibility index (Phi) is 12.2. The van der Waals surface area contributed by atoms with Crippen molar-refractivity contribution in [2.45, 2.75) is 38.0 Å². The fourth-order valence-corrected chi connectivity index (χ4v) is 5.68. The zero-order chi connectivity index (χ0) is 39.9. The molecule has 0 saturated carbocycles. The highest BCUT2D eigenvalue weighted by molar-refractivity contribution is 6.41. The van der Waals surface area contributed by atoms with Gasteiger partial charge in [0.2, 0.25) is 11.9 Å². The number of amides is 3. The maximum Gasteiger partial charge on any atom is 0.458 e. The van der Waals surface area contributed by atoms with Crippen molar-refractivity contribution in [1.29, 1.82) is 5.26 Å². The van der Waals surface area contributed by atoms with Crippen LogP contribution in [0.3, 0.4) is 0 Å². The van der Waals surface area contributed by atoms with E-state index in [2.05, 4.69) is 42.3 Å². The summed E-state index contributed by atoms with van der Waals surface area (Å²) in [5.74, 6) is -6.05. The number of carbonyl (C=O) groups excluding carboxylic acids is 4. The summed E-state index contributed by atoms with van der Waals surface area (Å²) in [4.78, 5) is 60.1. The van der Waals surface area contributed by atoms with Crippen molar-refractivity contribution in [3.05, 3.63) is 88.8 Å². The number of fused-ring (bicyclic) bond motifs is 6. The van der Waals surface area contributed by atoms with Gasteiger partial charge in [-0.2, -0.15) is 36.6 Å². The van der Waals surface area contributed by atoms with Gasteiger partial charge in [0.25, 0.3) is 0 Å². The van der Waals surface area contributed by atoms with Crippen LogP contribution in [0.15, 0.2) is 67.1 Å². The summed E-state index contributed by atoms with van der Waals surface area (Å²) in [6.07, 6.45) is -4.11. The van der Waals surface area contributed by atoms with Crippen LogP contribution in [0.2, 0.25) is 5.02 Å². The zero-order valence-electron chi connectivity index (χ0n) is 28.2. The lowest BCUT2D eigenvalue weighted by atomic mass is 10.0. The average Bonchev–Trinajstić information content (AvgIpc) is 3.60. The topological polar surface area (TPSA) is 182 Å². The number of aromatic nitrogens is 3. The number of hydrogen-bond acceptors (Lipinski definition) is 10. The second kappa shape index (κ2) is 16.8. The lowest BCUT2D eigenvalue weighted by Gasteiger charge is -2.18. The third-order valence-corrected chi connectivity index (χ3v) is 8.45. The lowest BCUT2D eigenvalue weighted by molar-refractivity contribution is -0.193. The Morgan fingerprint density at radius 1 is 0.891 bits per heavy atom. The highest BCUT2D eigenvalue weighted by Crippen LogP contribution is 2.30. The molecule has 2 aliphatic rings. The number of anilines is 6. The minimum absolute atomic E-state index is 0.0263. The smallest absolute Gasteiger partial charge is 0.339 e. The normalized spacial score (nSPS) is 14.9.